The Kier molecular flexibility index (Phi) is 2.63. The summed E-state index contributed by atoms with van der Waals surface area (Å²) in [5.41, 5.74) is 0.464. The molecule has 1 heterocycles. The molecule has 1 aliphatic carbocycles. The molecule has 0 bridgehead atoms. The van der Waals surface area contributed by atoms with Gasteiger partial charge in [0.25, 0.3) is 0 Å². The molecule has 0 spiro atoms. The van der Waals surface area contributed by atoms with Crippen molar-refractivity contribution in [1.29, 1.82) is 0 Å². The molecular formula is C10H14N2O2. The lowest BCUT2D eigenvalue weighted by atomic mass is 10.2. The Morgan fingerprint density at radius 3 is 3.00 bits per heavy atom. The van der Waals surface area contributed by atoms with Crippen LogP contribution < -0.4 is 5.32 Å². The topological polar surface area (TPSA) is 50.7 Å². The highest BCUT2D eigenvalue weighted by Crippen LogP contribution is 2.28. The molecule has 0 aromatic rings. The Bertz CT molecular complexity index is 292. The van der Waals surface area contributed by atoms with Crippen molar-refractivity contribution in [3.63, 3.8) is 0 Å². The minimum absolute atomic E-state index is 0.0195. The summed E-state index contributed by atoms with van der Waals surface area (Å²) in [5.74, 6) is 0.879. The lowest BCUT2D eigenvalue weighted by Gasteiger charge is -2.19. The number of nitrogens with zero attached hydrogens (tertiary/aromatic N) is 1. The molecule has 0 aromatic heterocycles. The van der Waals surface area contributed by atoms with E-state index < -0.39 is 0 Å². The first-order chi connectivity index (χ1) is 6.81. The number of allylic oxidation sites excluding steroid dienone is 1. The largest absolute Gasteiger partial charge is 0.495 e. The van der Waals surface area contributed by atoms with E-state index in [0.717, 1.165) is 31.3 Å². The Morgan fingerprint density at radius 1 is 1.64 bits per heavy atom. The number of aldehydes is 1. The zero-order chi connectivity index (χ0) is 9.97. The highest BCUT2D eigenvalue weighted by Gasteiger charge is 2.26. The van der Waals surface area contributed by atoms with E-state index in [1.54, 1.807) is 6.08 Å². The van der Waals surface area contributed by atoms with Gasteiger partial charge in [0.05, 0.1) is 6.10 Å². The van der Waals surface area contributed by atoms with Crippen LogP contribution in [0.15, 0.2) is 16.8 Å². The monoisotopic (exact) mass is 194 g/mol. The molecule has 0 radical (unpaired) electrons. The van der Waals surface area contributed by atoms with Crippen molar-refractivity contribution in [3.8, 4) is 0 Å². The first-order valence-corrected chi connectivity index (χ1v) is 4.89. The van der Waals surface area contributed by atoms with Gasteiger partial charge in [-0.1, -0.05) is 0 Å². The highest BCUT2D eigenvalue weighted by molar-refractivity contribution is 6.34. The fourth-order valence-corrected chi connectivity index (χ4v) is 1.39. The van der Waals surface area contributed by atoms with Gasteiger partial charge in [-0.15, -0.1) is 0 Å². The average Bonchev–Trinajstić information content (AvgIpc) is 3.01. The van der Waals surface area contributed by atoms with Crippen molar-refractivity contribution in [2.24, 2.45) is 4.99 Å². The third-order valence-electron chi connectivity index (χ3n) is 2.30. The first kappa shape index (κ1) is 9.40. The van der Waals surface area contributed by atoms with Crippen LogP contribution in [0, 0.1) is 0 Å². The smallest absolute Gasteiger partial charge is 0.168 e. The summed E-state index contributed by atoms with van der Waals surface area (Å²) < 4.78 is 5.65. The van der Waals surface area contributed by atoms with Crippen molar-refractivity contribution in [2.75, 3.05) is 7.05 Å². The van der Waals surface area contributed by atoms with Gasteiger partial charge in [0.1, 0.15) is 17.6 Å². The SMILES string of the molecule is CNC1CC(OC2CC2)=CC(C=O)=N1. The molecule has 0 amide bonds. The number of hydrogen-bond acceptors (Lipinski definition) is 4. The molecule has 76 valence electrons. The van der Waals surface area contributed by atoms with Gasteiger partial charge in [-0.2, -0.15) is 0 Å². The van der Waals surface area contributed by atoms with Crippen molar-refractivity contribution in [3.05, 3.63) is 11.8 Å². The van der Waals surface area contributed by atoms with Crippen molar-refractivity contribution in [2.45, 2.75) is 31.5 Å². The minimum atomic E-state index is -0.0195. The molecule has 1 N–H and O–H groups in total. The molecule has 4 nitrogen and oxygen atoms in total. The molecule has 4 heteroatoms. The molecule has 1 saturated carbocycles. The van der Waals surface area contributed by atoms with Crippen molar-refractivity contribution >= 4 is 12.0 Å². The minimum Gasteiger partial charge on any atom is -0.495 e. The van der Waals surface area contributed by atoms with Crippen LogP contribution in [0.3, 0.4) is 0 Å². The molecule has 1 fully saturated rings. The number of ether oxygens (including phenoxy) is 1. The van der Waals surface area contributed by atoms with Crippen molar-refractivity contribution < 1.29 is 9.53 Å². The van der Waals surface area contributed by atoms with Gasteiger partial charge in [-0.25, -0.2) is 0 Å². The summed E-state index contributed by atoms with van der Waals surface area (Å²) in [6.45, 7) is 0. The Labute approximate surface area is 83.0 Å². The van der Waals surface area contributed by atoms with E-state index in [1.807, 2.05) is 7.05 Å². The maximum atomic E-state index is 10.6. The van der Waals surface area contributed by atoms with Gasteiger partial charge in [-0.05, 0) is 19.9 Å². The van der Waals surface area contributed by atoms with E-state index in [9.17, 15) is 4.79 Å². The van der Waals surface area contributed by atoms with Crippen LogP contribution in [0.5, 0.6) is 0 Å². The van der Waals surface area contributed by atoms with Crippen LogP contribution in [0.1, 0.15) is 19.3 Å². The number of aliphatic imine (C=N–C) groups is 1. The van der Waals surface area contributed by atoms with Gasteiger partial charge in [-0.3, -0.25) is 15.1 Å². The standard InChI is InChI=1S/C10H14N2O2/c1-11-10-5-9(14-8-2-3-8)4-7(6-13)12-10/h4,6,8,10-11H,2-3,5H2,1H3. The number of nitrogens with one attached hydrogen (secondary N) is 1. The zero-order valence-corrected chi connectivity index (χ0v) is 8.19. The second-order valence-corrected chi connectivity index (χ2v) is 3.61. The van der Waals surface area contributed by atoms with Crippen LogP contribution in [-0.2, 0) is 9.53 Å². The van der Waals surface area contributed by atoms with E-state index in [2.05, 4.69) is 10.3 Å². The maximum Gasteiger partial charge on any atom is 0.168 e. The molecule has 1 atom stereocenters. The van der Waals surface area contributed by atoms with Crippen LogP contribution in [0.2, 0.25) is 0 Å². The van der Waals surface area contributed by atoms with E-state index in [0.29, 0.717) is 11.8 Å². The van der Waals surface area contributed by atoms with E-state index >= 15 is 0 Å². The number of rotatable bonds is 4. The second-order valence-electron chi connectivity index (χ2n) is 3.61. The lowest BCUT2D eigenvalue weighted by Crippen LogP contribution is -2.28. The Balaban J connectivity index is 2.04. The normalized spacial score (nSPS) is 26.5. The maximum absolute atomic E-state index is 10.6. The summed E-state index contributed by atoms with van der Waals surface area (Å²) >= 11 is 0. The van der Waals surface area contributed by atoms with Gasteiger partial charge in [0.15, 0.2) is 6.29 Å². The molecule has 0 saturated heterocycles. The van der Waals surface area contributed by atoms with E-state index in [1.165, 1.54) is 0 Å². The quantitative estimate of drug-likeness (QED) is 0.668. The fraction of sp³-hybridized carbons (Fsp3) is 0.600. The van der Waals surface area contributed by atoms with Gasteiger partial charge in [0, 0.05) is 12.5 Å². The van der Waals surface area contributed by atoms with Crippen molar-refractivity contribution in [1.82, 2.24) is 5.32 Å². The third kappa shape index (κ3) is 2.20. The number of carbonyl (C=O) groups excluding carboxylic acids is 1. The summed E-state index contributed by atoms with van der Waals surface area (Å²) in [6.07, 6.45) is 5.87. The predicted octanol–water partition coefficient (Wildman–Crippen LogP) is 0.638. The van der Waals surface area contributed by atoms with E-state index in [4.69, 9.17) is 4.74 Å². The number of hydrogen-bond donors (Lipinski definition) is 1. The Hall–Kier alpha value is -1.16. The predicted molar refractivity (Wildman–Crippen MR) is 53.2 cm³/mol. The van der Waals surface area contributed by atoms with Gasteiger partial charge in [0.2, 0.25) is 0 Å². The third-order valence-corrected chi connectivity index (χ3v) is 2.30. The molecule has 2 aliphatic rings. The summed E-state index contributed by atoms with van der Waals surface area (Å²) in [4.78, 5) is 14.8. The summed E-state index contributed by atoms with van der Waals surface area (Å²) in [5, 5.41) is 3.02. The van der Waals surface area contributed by atoms with E-state index in [-0.39, 0.29) is 6.17 Å². The fourth-order valence-electron chi connectivity index (χ4n) is 1.39. The Morgan fingerprint density at radius 2 is 2.43 bits per heavy atom. The summed E-state index contributed by atoms with van der Waals surface area (Å²) in [6, 6.07) is 0. The molecular weight excluding hydrogens is 180 g/mol. The molecule has 14 heavy (non-hydrogen) atoms. The molecule has 1 unspecified atom stereocenters. The van der Waals surface area contributed by atoms with Gasteiger partial charge >= 0.3 is 0 Å². The van der Waals surface area contributed by atoms with Crippen LogP contribution >= 0.6 is 0 Å². The second kappa shape index (κ2) is 3.92. The van der Waals surface area contributed by atoms with Crippen LogP contribution in [-0.4, -0.2) is 31.3 Å². The zero-order valence-electron chi connectivity index (χ0n) is 8.19. The average molecular weight is 194 g/mol. The summed E-state index contributed by atoms with van der Waals surface area (Å²) in [7, 11) is 1.83. The molecule has 0 aromatic carbocycles. The first-order valence-electron chi connectivity index (χ1n) is 4.89. The number of carbonyl (C=O) groups is 1. The van der Waals surface area contributed by atoms with Crippen LogP contribution in [0.4, 0.5) is 0 Å². The highest BCUT2D eigenvalue weighted by atomic mass is 16.5. The number of dihydropyridines is 1. The van der Waals surface area contributed by atoms with Crippen LogP contribution in [0.25, 0.3) is 0 Å². The molecule has 1 aliphatic heterocycles. The van der Waals surface area contributed by atoms with Gasteiger partial charge < -0.3 is 4.74 Å². The lowest BCUT2D eigenvalue weighted by molar-refractivity contribution is -0.102. The molecule has 2 rings (SSSR count).